The van der Waals surface area contributed by atoms with E-state index in [0.717, 1.165) is 23.9 Å². The SMILES string of the molecule is Cc1ccnc(NCc2cc(F)ccc2F)n1. The zero-order valence-corrected chi connectivity index (χ0v) is 9.24. The van der Waals surface area contributed by atoms with Gasteiger partial charge in [0, 0.05) is 24.0 Å². The van der Waals surface area contributed by atoms with Crippen LogP contribution in [-0.2, 0) is 6.54 Å². The van der Waals surface area contributed by atoms with Gasteiger partial charge in [0.05, 0.1) is 0 Å². The summed E-state index contributed by atoms with van der Waals surface area (Å²) in [6.07, 6.45) is 1.60. The van der Waals surface area contributed by atoms with E-state index in [1.165, 1.54) is 0 Å². The fraction of sp³-hybridized carbons (Fsp3) is 0.167. The summed E-state index contributed by atoms with van der Waals surface area (Å²) in [5.74, 6) is -0.520. The summed E-state index contributed by atoms with van der Waals surface area (Å²) < 4.78 is 26.2. The summed E-state index contributed by atoms with van der Waals surface area (Å²) in [6, 6.07) is 5.09. The Morgan fingerprint density at radius 2 is 2.06 bits per heavy atom. The van der Waals surface area contributed by atoms with Crippen LogP contribution in [-0.4, -0.2) is 9.97 Å². The zero-order chi connectivity index (χ0) is 12.3. The van der Waals surface area contributed by atoms with Gasteiger partial charge in [-0.05, 0) is 31.2 Å². The van der Waals surface area contributed by atoms with E-state index in [1.54, 1.807) is 12.3 Å². The smallest absolute Gasteiger partial charge is 0.223 e. The van der Waals surface area contributed by atoms with Crippen LogP contribution in [0.2, 0.25) is 0 Å². The molecule has 0 atom stereocenters. The molecule has 0 unspecified atom stereocenters. The third-order valence-corrected chi connectivity index (χ3v) is 2.24. The van der Waals surface area contributed by atoms with Gasteiger partial charge in [-0.2, -0.15) is 0 Å². The average molecular weight is 235 g/mol. The van der Waals surface area contributed by atoms with Crippen molar-refractivity contribution in [1.82, 2.24) is 9.97 Å². The molecule has 0 aliphatic rings. The molecule has 1 N–H and O–H groups in total. The van der Waals surface area contributed by atoms with Gasteiger partial charge in [0.1, 0.15) is 11.6 Å². The van der Waals surface area contributed by atoms with Crippen molar-refractivity contribution in [2.75, 3.05) is 5.32 Å². The topological polar surface area (TPSA) is 37.8 Å². The quantitative estimate of drug-likeness (QED) is 0.888. The third-order valence-electron chi connectivity index (χ3n) is 2.24. The minimum absolute atomic E-state index is 0.146. The van der Waals surface area contributed by atoms with Gasteiger partial charge >= 0.3 is 0 Å². The van der Waals surface area contributed by atoms with Crippen LogP contribution in [0.15, 0.2) is 30.5 Å². The highest BCUT2D eigenvalue weighted by molar-refractivity contribution is 5.28. The minimum Gasteiger partial charge on any atom is -0.350 e. The molecule has 5 heteroatoms. The summed E-state index contributed by atoms with van der Waals surface area (Å²) >= 11 is 0. The molecule has 0 spiro atoms. The van der Waals surface area contributed by atoms with E-state index in [1.807, 2.05) is 6.92 Å². The first-order valence-corrected chi connectivity index (χ1v) is 5.12. The van der Waals surface area contributed by atoms with Crippen LogP contribution in [0.5, 0.6) is 0 Å². The Labute approximate surface area is 97.5 Å². The first kappa shape index (κ1) is 11.4. The maximum absolute atomic E-state index is 13.3. The van der Waals surface area contributed by atoms with E-state index in [0.29, 0.717) is 5.95 Å². The van der Waals surface area contributed by atoms with Crippen molar-refractivity contribution in [3.63, 3.8) is 0 Å². The van der Waals surface area contributed by atoms with Gasteiger partial charge in [0.15, 0.2) is 0 Å². The number of hydrogen-bond acceptors (Lipinski definition) is 3. The van der Waals surface area contributed by atoms with Gasteiger partial charge in [-0.15, -0.1) is 0 Å². The Morgan fingerprint density at radius 3 is 2.82 bits per heavy atom. The molecule has 88 valence electrons. The van der Waals surface area contributed by atoms with Gasteiger partial charge in [0.25, 0.3) is 0 Å². The molecular weight excluding hydrogens is 224 g/mol. The Morgan fingerprint density at radius 1 is 1.24 bits per heavy atom. The van der Waals surface area contributed by atoms with E-state index >= 15 is 0 Å². The molecule has 0 saturated heterocycles. The molecule has 2 rings (SSSR count). The Hall–Kier alpha value is -2.04. The maximum atomic E-state index is 13.3. The van der Waals surface area contributed by atoms with E-state index in [9.17, 15) is 8.78 Å². The van der Waals surface area contributed by atoms with Crippen LogP contribution in [0.3, 0.4) is 0 Å². The van der Waals surface area contributed by atoms with Crippen molar-refractivity contribution in [2.45, 2.75) is 13.5 Å². The molecule has 1 aromatic heterocycles. The predicted octanol–water partition coefficient (Wildman–Crippen LogP) is 2.68. The number of halogens is 2. The lowest BCUT2D eigenvalue weighted by atomic mass is 10.2. The van der Waals surface area contributed by atoms with Gasteiger partial charge in [-0.25, -0.2) is 18.7 Å². The summed E-state index contributed by atoms with van der Waals surface area (Å²) in [5.41, 5.74) is 1.05. The van der Waals surface area contributed by atoms with Crippen LogP contribution in [0.1, 0.15) is 11.3 Å². The first-order valence-electron chi connectivity index (χ1n) is 5.12. The first-order chi connectivity index (χ1) is 8.15. The van der Waals surface area contributed by atoms with Crippen molar-refractivity contribution >= 4 is 5.95 Å². The van der Waals surface area contributed by atoms with Crippen molar-refractivity contribution in [3.8, 4) is 0 Å². The molecule has 1 aromatic carbocycles. The minimum atomic E-state index is -0.464. The highest BCUT2D eigenvalue weighted by Crippen LogP contribution is 2.11. The number of hydrogen-bond donors (Lipinski definition) is 1. The molecule has 0 amide bonds. The number of benzene rings is 1. The van der Waals surface area contributed by atoms with E-state index in [4.69, 9.17) is 0 Å². The van der Waals surface area contributed by atoms with Crippen LogP contribution < -0.4 is 5.32 Å². The largest absolute Gasteiger partial charge is 0.350 e. The summed E-state index contributed by atoms with van der Waals surface area (Å²) in [5, 5.41) is 2.84. The lowest BCUT2D eigenvalue weighted by Gasteiger charge is -2.06. The molecule has 0 fully saturated rings. The van der Waals surface area contributed by atoms with Gasteiger partial charge < -0.3 is 5.32 Å². The molecule has 0 radical (unpaired) electrons. The molecule has 1 heterocycles. The van der Waals surface area contributed by atoms with Gasteiger partial charge in [-0.1, -0.05) is 0 Å². The molecule has 2 aromatic rings. The van der Waals surface area contributed by atoms with E-state index in [2.05, 4.69) is 15.3 Å². The van der Waals surface area contributed by atoms with Crippen LogP contribution >= 0.6 is 0 Å². The maximum Gasteiger partial charge on any atom is 0.223 e. The Kier molecular flexibility index (Phi) is 3.27. The number of rotatable bonds is 3. The second kappa shape index (κ2) is 4.86. The fourth-order valence-corrected chi connectivity index (χ4v) is 1.39. The average Bonchev–Trinajstić information content (AvgIpc) is 2.30. The molecule has 0 saturated carbocycles. The molecule has 0 aliphatic heterocycles. The van der Waals surface area contributed by atoms with Crippen LogP contribution in [0.4, 0.5) is 14.7 Å². The number of nitrogens with zero attached hydrogens (tertiary/aromatic N) is 2. The number of aryl methyl sites for hydroxylation is 1. The third kappa shape index (κ3) is 2.96. The fourth-order valence-electron chi connectivity index (χ4n) is 1.39. The predicted molar refractivity (Wildman–Crippen MR) is 60.5 cm³/mol. The second-order valence-corrected chi connectivity index (χ2v) is 3.61. The standard InChI is InChI=1S/C12H11F2N3/c1-8-4-5-15-12(17-8)16-7-9-6-10(13)2-3-11(9)14/h2-6H,7H2,1H3,(H,15,16,17). The van der Waals surface area contributed by atoms with Gasteiger partial charge in [-0.3, -0.25) is 0 Å². The number of anilines is 1. The van der Waals surface area contributed by atoms with Crippen molar-refractivity contribution < 1.29 is 8.78 Å². The van der Waals surface area contributed by atoms with Gasteiger partial charge in [0.2, 0.25) is 5.95 Å². The lowest BCUT2D eigenvalue weighted by Crippen LogP contribution is -2.05. The Balaban J connectivity index is 2.09. The molecule has 17 heavy (non-hydrogen) atoms. The summed E-state index contributed by atoms with van der Waals surface area (Å²) in [7, 11) is 0. The van der Waals surface area contributed by atoms with Crippen LogP contribution in [0, 0.1) is 18.6 Å². The lowest BCUT2D eigenvalue weighted by molar-refractivity contribution is 0.587. The van der Waals surface area contributed by atoms with Crippen molar-refractivity contribution in [1.29, 1.82) is 0 Å². The highest BCUT2D eigenvalue weighted by Gasteiger charge is 2.04. The number of nitrogens with one attached hydrogen (secondary N) is 1. The zero-order valence-electron chi connectivity index (χ0n) is 9.24. The molecule has 0 bridgehead atoms. The normalized spacial score (nSPS) is 10.3. The highest BCUT2D eigenvalue weighted by atomic mass is 19.1. The van der Waals surface area contributed by atoms with Crippen molar-refractivity contribution in [3.05, 3.63) is 53.4 Å². The van der Waals surface area contributed by atoms with E-state index < -0.39 is 11.6 Å². The Bertz CT molecular complexity index is 529. The summed E-state index contributed by atoms with van der Waals surface area (Å²) in [4.78, 5) is 8.07. The van der Waals surface area contributed by atoms with Crippen LogP contribution in [0.25, 0.3) is 0 Å². The van der Waals surface area contributed by atoms with E-state index in [-0.39, 0.29) is 12.1 Å². The van der Waals surface area contributed by atoms with Crippen molar-refractivity contribution in [2.24, 2.45) is 0 Å². The number of aromatic nitrogens is 2. The second-order valence-electron chi connectivity index (χ2n) is 3.61. The molecule has 0 aliphatic carbocycles. The monoisotopic (exact) mass is 235 g/mol. The summed E-state index contributed by atoms with van der Waals surface area (Å²) in [6.45, 7) is 1.97. The molecule has 3 nitrogen and oxygen atoms in total. The molecular formula is C12H11F2N3.